The van der Waals surface area contributed by atoms with E-state index >= 15 is 0 Å². The van der Waals surface area contributed by atoms with E-state index in [2.05, 4.69) is 4.98 Å². The molecule has 2 amide bonds. The number of amides is 2. The molecule has 0 aliphatic carbocycles. The van der Waals surface area contributed by atoms with E-state index < -0.39 is 11.6 Å². The first kappa shape index (κ1) is 23.1. The van der Waals surface area contributed by atoms with Crippen LogP contribution in [0.5, 0.6) is 0 Å². The van der Waals surface area contributed by atoms with Crippen molar-refractivity contribution in [2.75, 3.05) is 20.6 Å². The van der Waals surface area contributed by atoms with Crippen LogP contribution < -0.4 is 0 Å². The number of benzene rings is 2. The summed E-state index contributed by atoms with van der Waals surface area (Å²) in [5.41, 5.74) is 1.62. The zero-order valence-corrected chi connectivity index (χ0v) is 18.3. The molecule has 3 rings (SSSR count). The van der Waals surface area contributed by atoms with Crippen LogP contribution in [0.4, 0.5) is 8.78 Å². The monoisotopic (exact) mass is 441 g/mol. The van der Waals surface area contributed by atoms with Gasteiger partial charge >= 0.3 is 0 Å². The summed E-state index contributed by atoms with van der Waals surface area (Å²) in [6.07, 6.45) is 1.80. The van der Waals surface area contributed by atoms with Crippen molar-refractivity contribution in [3.63, 3.8) is 0 Å². The maximum atomic E-state index is 13.9. The maximum absolute atomic E-state index is 13.9. The number of nitrogens with zero attached hydrogens (tertiary/aromatic N) is 3. The Hall–Kier alpha value is -3.55. The molecule has 0 spiro atoms. The molecule has 6 nitrogen and oxygen atoms in total. The molecule has 1 aromatic heterocycles. The Labute approximate surface area is 185 Å². The van der Waals surface area contributed by atoms with Gasteiger partial charge < -0.3 is 14.2 Å². The van der Waals surface area contributed by atoms with Crippen molar-refractivity contribution < 1.29 is 22.8 Å². The summed E-state index contributed by atoms with van der Waals surface area (Å²) >= 11 is 0. The molecule has 8 heteroatoms. The van der Waals surface area contributed by atoms with E-state index in [0.717, 1.165) is 17.7 Å². The van der Waals surface area contributed by atoms with E-state index in [9.17, 15) is 18.4 Å². The van der Waals surface area contributed by atoms with Crippen molar-refractivity contribution in [1.82, 2.24) is 14.8 Å². The van der Waals surface area contributed by atoms with Crippen LogP contribution in [0.1, 0.15) is 35.2 Å². The molecule has 0 saturated carbocycles. The van der Waals surface area contributed by atoms with Gasteiger partial charge in [-0.15, -0.1) is 0 Å². The van der Waals surface area contributed by atoms with Gasteiger partial charge in [-0.3, -0.25) is 9.59 Å². The van der Waals surface area contributed by atoms with E-state index in [-0.39, 0.29) is 36.0 Å². The number of carbonyl (C=O) groups excluding carboxylic acids is 2. The number of hydrogen-bond acceptors (Lipinski definition) is 4. The molecule has 1 heterocycles. The van der Waals surface area contributed by atoms with Crippen LogP contribution in [0.25, 0.3) is 11.3 Å². The molecule has 2 aromatic carbocycles. The number of carbonyl (C=O) groups is 2. The Kier molecular flexibility index (Phi) is 7.35. The van der Waals surface area contributed by atoms with Crippen LogP contribution in [-0.4, -0.2) is 47.2 Å². The summed E-state index contributed by atoms with van der Waals surface area (Å²) in [7, 11) is 3.39. The lowest BCUT2D eigenvalue weighted by atomic mass is 10.1. The second-order valence-corrected chi connectivity index (χ2v) is 7.55. The van der Waals surface area contributed by atoms with Gasteiger partial charge in [-0.25, -0.2) is 13.8 Å². The second-order valence-electron chi connectivity index (χ2n) is 7.55. The quantitative estimate of drug-likeness (QED) is 0.523. The minimum absolute atomic E-state index is 0.0753. The molecule has 0 atom stereocenters. The molecule has 0 saturated heterocycles. The number of rotatable bonds is 8. The highest BCUT2D eigenvalue weighted by Crippen LogP contribution is 2.24. The van der Waals surface area contributed by atoms with Crippen LogP contribution in [-0.2, 0) is 17.8 Å². The summed E-state index contributed by atoms with van der Waals surface area (Å²) in [4.78, 5) is 32.0. The van der Waals surface area contributed by atoms with Crippen molar-refractivity contribution >= 4 is 11.8 Å². The smallest absolute Gasteiger partial charge is 0.253 e. The predicted octanol–water partition coefficient (Wildman–Crippen LogP) is 4.30. The Balaban J connectivity index is 1.59. The highest BCUT2D eigenvalue weighted by Gasteiger charge is 2.16. The van der Waals surface area contributed by atoms with Crippen molar-refractivity contribution in [2.24, 2.45) is 0 Å². The Morgan fingerprint density at radius 3 is 2.41 bits per heavy atom. The number of halogens is 2. The molecule has 0 aliphatic rings. The number of aryl methyl sites for hydroxylation is 1. The van der Waals surface area contributed by atoms with Crippen molar-refractivity contribution in [3.8, 4) is 11.3 Å². The van der Waals surface area contributed by atoms with E-state index in [1.165, 1.54) is 17.2 Å². The molecule has 3 aromatic rings. The van der Waals surface area contributed by atoms with Gasteiger partial charge in [-0.1, -0.05) is 12.1 Å². The second kappa shape index (κ2) is 10.2. The number of aromatic nitrogens is 1. The molecule has 0 N–H and O–H groups in total. The van der Waals surface area contributed by atoms with E-state index in [0.29, 0.717) is 24.5 Å². The average Bonchev–Trinajstić information content (AvgIpc) is 3.24. The lowest BCUT2D eigenvalue weighted by molar-refractivity contribution is -0.131. The Morgan fingerprint density at radius 2 is 1.78 bits per heavy atom. The fourth-order valence-corrected chi connectivity index (χ4v) is 3.22. The minimum Gasteiger partial charge on any atom is -0.441 e. The van der Waals surface area contributed by atoms with Crippen LogP contribution in [0.15, 0.2) is 53.1 Å². The largest absolute Gasteiger partial charge is 0.441 e. The zero-order chi connectivity index (χ0) is 23.3. The third-order valence-electron chi connectivity index (χ3n) is 5.02. The van der Waals surface area contributed by atoms with E-state index in [1.54, 1.807) is 31.1 Å². The fraction of sp³-hybridized carbons (Fsp3) is 0.292. The highest BCUT2D eigenvalue weighted by atomic mass is 19.1. The SMILES string of the molecule is CCN(Cc1ccc(C(=O)N(C)C)cc1)C(=O)CCc1ncc(-c2ccc(F)cc2F)o1. The molecule has 0 radical (unpaired) electrons. The van der Waals surface area contributed by atoms with Crippen LogP contribution in [0.2, 0.25) is 0 Å². The van der Waals surface area contributed by atoms with Crippen molar-refractivity contribution in [2.45, 2.75) is 26.3 Å². The van der Waals surface area contributed by atoms with Crippen LogP contribution in [0.3, 0.4) is 0 Å². The Bertz CT molecular complexity index is 1090. The van der Waals surface area contributed by atoms with Crippen molar-refractivity contribution in [3.05, 3.63) is 77.3 Å². The van der Waals surface area contributed by atoms with E-state index in [1.807, 2.05) is 19.1 Å². The molecule has 0 aliphatic heterocycles. The first-order valence-corrected chi connectivity index (χ1v) is 10.3. The third kappa shape index (κ3) is 5.57. The third-order valence-corrected chi connectivity index (χ3v) is 5.02. The van der Waals surface area contributed by atoms with Gasteiger partial charge in [0.15, 0.2) is 11.7 Å². The summed E-state index contributed by atoms with van der Waals surface area (Å²) in [6, 6.07) is 10.4. The van der Waals surface area contributed by atoms with Gasteiger partial charge in [0.25, 0.3) is 5.91 Å². The summed E-state index contributed by atoms with van der Waals surface area (Å²) in [5, 5.41) is 0. The van der Waals surface area contributed by atoms with E-state index in [4.69, 9.17) is 4.42 Å². The van der Waals surface area contributed by atoms with Gasteiger partial charge in [-0.2, -0.15) is 0 Å². The molecule has 0 fully saturated rings. The Morgan fingerprint density at radius 1 is 1.06 bits per heavy atom. The first-order valence-electron chi connectivity index (χ1n) is 10.3. The van der Waals surface area contributed by atoms with Gasteiger partial charge in [-0.05, 0) is 36.8 Å². The topological polar surface area (TPSA) is 66.7 Å². The van der Waals surface area contributed by atoms with Crippen molar-refractivity contribution in [1.29, 1.82) is 0 Å². The lowest BCUT2D eigenvalue weighted by Crippen LogP contribution is -2.30. The molecule has 168 valence electrons. The molecule has 32 heavy (non-hydrogen) atoms. The number of hydrogen-bond donors (Lipinski definition) is 0. The minimum atomic E-state index is -0.737. The van der Waals surface area contributed by atoms with Gasteiger partial charge in [0, 0.05) is 51.7 Å². The summed E-state index contributed by atoms with van der Waals surface area (Å²) in [5.74, 6) is -1.07. The molecule has 0 unspecified atom stereocenters. The predicted molar refractivity (Wildman–Crippen MR) is 116 cm³/mol. The highest BCUT2D eigenvalue weighted by molar-refractivity contribution is 5.93. The molecular weight excluding hydrogens is 416 g/mol. The summed E-state index contributed by atoms with van der Waals surface area (Å²) < 4.78 is 32.5. The zero-order valence-electron chi connectivity index (χ0n) is 18.3. The van der Waals surface area contributed by atoms with Gasteiger partial charge in [0.2, 0.25) is 5.91 Å². The average molecular weight is 441 g/mol. The number of oxazole rings is 1. The fourth-order valence-electron chi connectivity index (χ4n) is 3.22. The normalized spacial score (nSPS) is 10.8. The van der Waals surface area contributed by atoms with Crippen LogP contribution in [0, 0.1) is 11.6 Å². The van der Waals surface area contributed by atoms with Crippen LogP contribution >= 0.6 is 0 Å². The molecular formula is C24H25F2N3O3. The van der Waals surface area contributed by atoms with Gasteiger partial charge in [0.05, 0.1) is 11.8 Å². The maximum Gasteiger partial charge on any atom is 0.253 e. The van der Waals surface area contributed by atoms with Gasteiger partial charge in [0.1, 0.15) is 11.6 Å². The standard InChI is InChI=1S/C24H25F2N3O3/c1-4-29(15-16-5-7-17(8-6-16)24(31)28(2)3)23(30)12-11-22-27-14-21(32-22)19-10-9-18(25)13-20(19)26/h5-10,13-14H,4,11-12,15H2,1-3H3. The summed E-state index contributed by atoms with van der Waals surface area (Å²) in [6.45, 7) is 2.83. The first-order chi connectivity index (χ1) is 15.3. The molecule has 0 bridgehead atoms. The lowest BCUT2D eigenvalue weighted by Gasteiger charge is -2.21.